The van der Waals surface area contributed by atoms with Crippen LogP contribution >= 0.6 is 11.6 Å². The number of hydrogen-bond acceptors (Lipinski definition) is 8. The lowest BCUT2D eigenvalue weighted by Crippen LogP contribution is -2.30. The van der Waals surface area contributed by atoms with Crippen molar-refractivity contribution in [2.24, 2.45) is 0 Å². The van der Waals surface area contributed by atoms with Crippen molar-refractivity contribution < 1.29 is 19.1 Å². The molecule has 0 unspecified atom stereocenters. The number of nitrogens with two attached hydrogens (primary N) is 1. The SMILES string of the molecule is COC(=O)c1ccc(Oc2ncnc(NNC(=O)c3ccc(Cl)cc3)c2N)cc1. The normalized spacial score (nSPS) is 10.1. The van der Waals surface area contributed by atoms with Crippen molar-refractivity contribution in [1.82, 2.24) is 15.4 Å². The lowest BCUT2D eigenvalue weighted by molar-refractivity contribution is 0.0600. The van der Waals surface area contributed by atoms with E-state index in [4.69, 9.17) is 22.1 Å². The molecule has 1 heterocycles. The number of anilines is 2. The van der Waals surface area contributed by atoms with E-state index in [0.29, 0.717) is 21.9 Å². The Labute approximate surface area is 170 Å². The Bertz CT molecular complexity index is 1030. The van der Waals surface area contributed by atoms with Crippen molar-refractivity contribution in [3.63, 3.8) is 0 Å². The molecule has 29 heavy (non-hydrogen) atoms. The second-order valence-electron chi connectivity index (χ2n) is 5.65. The van der Waals surface area contributed by atoms with Gasteiger partial charge < -0.3 is 15.2 Å². The molecule has 0 spiro atoms. The van der Waals surface area contributed by atoms with Gasteiger partial charge in [-0.2, -0.15) is 4.98 Å². The van der Waals surface area contributed by atoms with Gasteiger partial charge in [0.15, 0.2) is 5.82 Å². The molecular weight excluding hydrogens is 398 g/mol. The number of nitrogen functional groups attached to an aromatic ring is 1. The summed E-state index contributed by atoms with van der Waals surface area (Å²) in [6.07, 6.45) is 1.23. The summed E-state index contributed by atoms with van der Waals surface area (Å²) in [5, 5.41) is 0.524. The maximum Gasteiger partial charge on any atom is 0.337 e. The van der Waals surface area contributed by atoms with E-state index < -0.39 is 11.9 Å². The van der Waals surface area contributed by atoms with Gasteiger partial charge in [0.25, 0.3) is 5.91 Å². The molecule has 0 radical (unpaired) electrons. The molecule has 1 aromatic heterocycles. The lowest BCUT2D eigenvalue weighted by atomic mass is 10.2. The predicted octanol–water partition coefficient (Wildman–Crippen LogP) is 3.05. The number of carbonyl (C=O) groups excluding carboxylic acids is 2. The predicted molar refractivity (Wildman–Crippen MR) is 107 cm³/mol. The van der Waals surface area contributed by atoms with Crippen molar-refractivity contribution in [3.8, 4) is 11.6 Å². The standard InChI is InChI=1S/C19H16ClN5O4/c1-28-19(27)12-4-8-14(9-5-12)29-18-15(21)16(22-10-23-18)24-25-17(26)11-2-6-13(20)7-3-11/h2-10H,21H2,1H3,(H,25,26)(H,22,23,24). The van der Waals surface area contributed by atoms with Crippen LogP contribution in [0.15, 0.2) is 54.9 Å². The second-order valence-corrected chi connectivity index (χ2v) is 6.08. The second kappa shape index (κ2) is 8.89. The van der Waals surface area contributed by atoms with Crippen LogP contribution in [0.4, 0.5) is 11.5 Å². The van der Waals surface area contributed by atoms with Gasteiger partial charge in [-0.05, 0) is 48.5 Å². The highest BCUT2D eigenvalue weighted by Crippen LogP contribution is 2.29. The minimum atomic E-state index is -0.457. The minimum Gasteiger partial charge on any atom is -0.465 e. The monoisotopic (exact) mass is 413 g/mol. The summed E-state index contributed by atoms with van der Waals surface area (Å²) < 4.78 is 10.3. The first-order chi connectivity index (χ1) is 14.0. The van der Waals surface area contributed by atoms with Crippen molar-refractivity contribution in [2.45, 2.75) is 0 Å². The first kappa shape index (κ1) is 19.9. The summed E-state index contributed by atoms with van der Waals surface area (Å²) in [5.74, 6) is -0.224. The Kier molecular flexibility index (Phi) is 6.10. The summed E-state index contributed by atoms with van der Waals surface area (Å²) in [6.45, 7) is 0. The molecule has 3 aromatic rings. The molecule has 0 saturated heterocycles. The van der Waals surface area contributed by atoms with Crippen molar-refractivity contribution in [2.75, 3.05) is 18.3 Å². The van der Waals surface area contributed by atoms with Crippen LogP contribution in [0.5, 0.6) is 11.6 Å². The fourth-order valence-corrected chi connectivity index (χ4v) is 2.36. The fourth-order valence-electron chi connectivity index (χ4n) is 2.24. The summed E-state index contributed by atoms with van der Waals surface area (Å²) >= 11 is 5.81. The van der Waals surface area contributed by atoms with Gasteiger partial charge in [-0.3, -0.25) is 15.6 Å². The van der Waals surface area contributed by atoms with Crippen molar-refractivity contribution >= 4 is 35.0 Å². The molecule has 3 rings (SSSR count). The number of halogens is 1. The van der Waals surface area contributed by atoms with E-state index in [0.717, 1.165) is 0 Å². The number of amides is 1. The highest BCUT2D eigenvalue weighted by molar-refractivity contribution is 6.30. The number of aromatic nitrogens is 2. The van der Waals surface area contributed by atoms with Gasteiger partial charge in [0, 0.05) is 10.6 Å². The number of benzene rings is 2. The first-order valence-electron chi connectivity index (χ1n) is 8.26. The van der Waals surface area contributed by atoms with Crippen LogP contribution in [0.2, 0.25) is 5.02 Å². The largest absolute Gasteiger partial charge is 0.465 e. The third-order valence-electron chi connectivity index (χ3n) is 3.74. The van der Waals surface area contributed by atoms with Gasteiger partial charge in [-0.1, -0.05) is 11.6 Å². The Balaban J connectivity index is 1.68. The van der Waals surface area contributed by atoms with E-state index in [-0.39, 0.29) is 17.4 Å². The number of nitrogens with one attached hydrogen (secondary N) is 2. The minimum absolute atomic E-state index is 0.0778. The van der Waals surface area contributed by atoms with Crippen LogP contribution in [0.1, 0.15) is 20.7 Å². The van der Waals surface area contributed by atoms with Gasteiger partial charge >= 0.3 is 5.97 Å². The topological polar surface area (TPSA) is 128 Å². The molecule has 0 atom stereocenters. The van der Waals surface area contributed by atoms with E-state index >= 15 is 0 Å². The Morgan fingerprint density at radius 2 is 1.66 bits per heavy atom. The third-order valence-corrected chi connectivity index (χ3v) is 3.99. The Morgan fingerprint density at radius 1 is 1.00 bits per heavy atom. The molecule has 1 amide bonds. The molecular formula is C19H16ClN5O4. The zero-order chi connectivity index (χ0) is 20.8. The van der Waals surface area contributed by atoms with E-state index in [1.54, 1.807) is 48.5 Å². The zero-order valence-electron chi connectivity index (χ0n) is 15.2. The zero-order valence-corrected chi connectivity index (χ0v) is 15.9. The number of carbonyl (C=O) groups is 2. The molecule has 148 valence electrons. The van der Waals surface area contributed by atoms with E-state index in [1.165, 1.54) is 13.4 Å². The number of rotatable bonds is 6. The van der Waals surface area contributed by atoms with E-state index in [1.807, 2.05) is 0 Å². The summed E-state index contributed by atoms with van der Waals surface area (Å²) in [7, 11) is 1.30. The van der Waals surface area contributed by atoms with Gasteiger partial charge in [0.05, 0.1) is 12.7 Å². The maximum atomic E-state index is 12.2. The van der Waals surface area contributed by atoms with Crippen LogP contribution in [-0.4, -0.2) is 29.0 Å². The molecule has 0 saturated carbocycles. The van der Waals surface area contributed by atoms with E-state index in [2.05, 4.69) is 25.6 Å². The van der Waals surface area contributed by atoms with Crippen LogP contribution in [0.3, 0.4) is 0 Å². The molecule has 4 N–H and O–H groups in total. The summed E-state index contributed by atoms with van der Waals surface area (Å²) in [6, 6.07) is 12.6. The Morgan fingerprint density at radius 3 is 2.31 bits per heavy atom. The van der Waals surface area contributed by atoms with Gasteiger partial charge in [0.2, 0.25) is 5.88 Å². The third kappa shape index (κ3) is 4.90. The molecule has 0 fully saturated rings. The molecule has 9 nitrogen and oxygen atoms in total. The number of nitrogens with zero attached hydrogens (tertiary/aromatic N) is 2. The number of hydrazine groups is 1. The lowest BCUT2D eigenvalue weighted by Gasteiger charge is -2.12. The summed E-state index contributed by atoms with van der Waals surface area (Å²) in [5.41, 5.74) is 12.0. The van der Waals surface area contributed by atoms with Crippen LogP contribution in [0, 0.1) is 0 Å². The maximum absolute atomic E-state index is 12.2. The van der Waals surface area contributed by atoms with Crippen LogP contribution in [0.25, 0.3) is 0 Å². The Hall–Kier alpha value is -3.85. The average Bonchev–Trinajstić information content (AvgIpc) is 2.74. The molecule has 0 aliphatic carbocycles. The molecule has 0 aliphatic heterocycles. The van der Waals surface area contributed by atoms with Gasteiger partial charge in [0.1, 0.15) is 17.8 Å². The smallest absolute Gasteiger partial charge is 0.337 e. The van der Waals surface area contributed by atoms with Crippen LogP contribution < -0.4 is 21.3 Å². The van der Waals surface area contributed by atoms with Gasteiger partial charge in [-0.15, -0.1) is 0 Å². The highest BCUT2D eigenvalue weighted by Gasteiger charge is 2.13. The number of methoxy groups -OCH3 is 1. The first-order valence-corrected chi connectivity index (χ1v) is 8.64. The molecule has 2 aromatic carbocycles. The van der Waals surface area contributed by atoms with Gasteiger partial charge in [-0.25, -0.2) is 9.78 Å². The fraction of sp³-hybridized carbons (Fsp3) is 0.0526. The number of hydrogen-bond donors (Lipinski definition) is 3. The number of ether oxygens (including phenoxy) is 2. The van der Waals surface area contributed by atoms with Crippen LogP contribution in [-0.2, 0) is 4.74 Å². The summed E-state index contributed by atoms with van der Waals surface area (Å²) in [4.78, 5) is 31.6. The molecule has 0 aliphatic rings. The number of esters is 1. The highest BCUT2D eigenvalue weighted by atomic mass is 35.5. The molecule has 10 heteroatoms. The average molecular weight is 414 g/mol. The van der Waals surface area contributed by atoms with Crippen molar-refractivity contribution in [1.29, 1.82) is 0 Å². The van der Waals surface area contributed by atoms with E-state index in [9.17, 15) is 9.59 Å². The quantitative estimate of drug-likeness (QED) is 0.415. The van der Waals surface area contributed by atoms with Crippen molar-refractivity contribution in [3.05, 3.63) is 71.0 Å². The molecule has 0 bridgehead atoms.